The van der Waals surface area contributed by atoms with Crippen LogP contribution < -0.4 is 0 Å². The molecule has 1 heterocycles. The van der Waals surface area contributed by atoms with E-state index in [0.29, 0.717) is 0 Å². The van der Waals surface area contributed by atoms with Gasteiger partial charge in [-0.1, -0.05) is 52.6 Å². The van der Waals surface area contributed by atoms with Gasteiger partial charge in [-0.25, -0.2) is 4.39 Å². The van der Waals surface area contributed by atoms with E-state index in [4.69, 9.17) is 35.5 Å². The van der Waals surface area contributed by atoms with Crippen LogP contribution in [0.4, 0.5) is 4.39 Å². The molecule has 10 unspecified atom stereocenters. The minimum absolute atomic E-state index is 0.0137. The van der Waals surface area contributed by atoms with E-state index in [1.807, 2.05) is 6.07 Å². The number of carbonyl (C=O) groups is 1. The first-order valence-electron chi connectivity index (χ1n) is 11.9. The lowest BCUT2D eigenvalue weighted by molar-refractivity contribution is -0.291. The zero-order valence-corrected chi connectivity index (χ0v) is 20.7. The average molecular weight is 534 g/mol. The van der Waals surface area contributed by atoms with Crippen molar-refractivity contribution in [2.24, 2.45) is 21.3 Å². The summed E-state index contributed by atoms with van der Waals surface area (Å²) in [6.45, 7) is 2.54. The van der Waals surface area contributed by atoms with Crippen molar-refractivity contribution in [2.75, 3.05) is 6.54 Å². The standard InChI is InChI=1S/C22H28FN9O6/c1-11-8-14(28-31-25)20(36-12(2)33)18(34)19(11)38-22-17(29-32-26)16(23)21(15(37-22)9-27-30-24)35-10-13-6-4-3-5-7-13/h3-7,11,14-22,34H,8-10H2,1-2H3. The Morgan fingerprint density at radius 2 is 1.84 bits per heavy atom. The molecule has 1 aliphatic carbocycles. The Hall–Kier alpha value is -3.61. The number of aliphatic hydroxyl groups excluding tert-OH is 1. The maximum absolute atomic E-state index is 15.8. The molecular weight excluding hydrogens is 505 g/mol. The first-order valence-corrected chi connectivity index (χ1v) is 11.9. The smallest absolute Gasteiger partial charge is 0.303 e. The monoisotopic (exact) mass is 533 g/mol. The summed E-state index contributed by atoms with van der Waals surface area (Å²) >= 11 is 0. The van der Waals surface area contributed by atoms with E-state index in [2.05, 4.69) is 30.1 Å². The maximum atomic E-state index is 15.8. The molecule has 2 fully saturated rings. The predicted octanol–water partition coefficient (Wildman–Crippen LogP) is 4.02. The number of hydrogen-bond donors (Lipinski definition) is 1. The summed E-state index contributed by atoms with van der Waals surface area (Å²) in [5.41, 5.74) is 27.6. The lowest BCUT2D eigenvalue weighted by Crippen LogP contribution is -2.61. The van der Waals surface area contributed by atoms with Crippen molar-refractivity contribution >= 4 is 5.97 Å². The molecule has 0 bridgehead atoms. The zero-order chi connectivity index (χ0) is 27.7. The SMILES string of the molecule is CC(=O)OC1C(N=[N+]=[N-])CC(C)C(OC2OC(CN=[N+]=[N-])C(OCc3ccccc3)C(F)C2N=[N+]=[N-])C1O. The van der Waals surface area contributed by atoms with Gasteiger partial charge >= 0.3 is 5.97 Å². The van der Waals surface area contributed by atoms with Crippen LogP contribution in [0.2, 0.25) is 0 Å². The van der Waals surface area contributed by atoms with Gasteiger partial charge < -0.3 is 24.1 Å². The molecule has 1 aliphatic heterocycles. The molecule has 1 aromatic rings. The van der Waals surface area contributed by atoms with E-state index in [-0.39, 0.29) is 19.6 Å². The maximum Gasteiger partial charge on any atom is 0.303 e. The van der Waals surface area contributed by atoms with Crippen LogP contribution >= 0.6 is 0 Å². The second-order valence-electron chi connectivity index (χ2n) is 9.01. The third-order valence-corrected chi connectivity index (χ3v) is 6.41. The Morgan fingerprint density at radius 3 is 2.47 bits per heavy atom. The molecule has 204 valence electrons. The van der Waals surface area contributed by atoms with Crippen molar-refractivity contribution in [2.45, 2.75) is 81.9 Å². The number of rotatable bonds is 10. The number of azide groups is 3. The second-order valence-corrected chi connectivity index (χ2v) is 9.01. The normalized spacial score (nSPS) is 34.6. The molecule has 3 rings (SSSR count). The van der Waals surface area contributed by atoms with Crippen molar-refractivity contribution in [3.63, 3.8) is 0 Å². The molecular formula is C22H28FN9O6. The van der Waals surface area contributed by atoms with E-state index in [1.54, 1.807) is 31.2 Å². The summed E-state index contributed by atoms with van der Waals surface area (Å²) in [5, 5.41) is 21.6. The Kier molecular flexibility index (Phi) is 10.5. The van der Waals surface area contributed by atoms with Gasteiger partial charge in [0.15, 0.2) is 6.29 Å². The number of aliphatic hydroxyl groups is 1. The van der Waals surface area contributed by atoms with Crippen LogP contribution in [0.1, 0.15) is 25.8 Å². The predicted molar refractivity (Wildman–Crippen MR) is 129 cm³/mol. The molecule has 2 aliphatic rings. The summed E-state index contributed by atoms with van der Waals surface area (Å²) in [5.74, 6) is -1.18. The van der Waals surface area contributed by atoms with Gasteiger partial charge in [0.2, 0.25) is 0 Å². The van der Waals surface area contributed by atoms with Gasteiger partial charge in [-0.05, 0) is 34.5 Å². The molecule has 10 atom stereocenters. The van der Waals surface area contributed by atoms with E-state index < -0.39 is 67.0 Å². The molecule has 38 heavy (non-hydrogen) atoms. The first-order chi connectivity index (χ1) is 18.3. The number of halogens is 1. The summed E-state index contributed by atoms with van der Waals surface area (Å²) < 4.78 is 38.6. The second kappa shape index (κ2) is 13.8. The fraction of sp³-hybridized carbons (Fsp3) is 0.682. The third-order valence-electron chi connectivity index (χ3n) is 6.41. The first kappa shape index (κ1) is 29.0. The number of esters is 1. The quantitative estimate of drug-likeness (QED) is 0.202. The van der Waals surface area contributed by atoms with Crippen LogP contribution in [0.3, 0.4) is 0 Å². The Morgan fingerprint density at radius 1 is 1.13 bits per heavy atom. The zero-order valence-electron chi connectivity index (χ0n) is 20.7. The minimum atomic E-state index is -1.93. The lowest BCUT2D eigenvalue weighted by Gasteiger charge is -2.46. The van der Waals surface area contributed by atoms with Crippen LogP contribution in [0.5, 0.6) is 0 Å². The van der Waals surface area contributed by atoms with Gasteiger partial charge in [0, 0.05) is 21.7 Å². The molecule has 0 radical (unpaired) electrons. The van der Waals surface area contributed by atoms with Crippen LogP contribution in [-0.2, 0) is 30.3 Å². The van der Waals surface area contributed by atoms with Crippen molar-refractivity contribution in [3.8, 4) is 0 Å². The van der Waals surface area contributed by atoms with Crippen LogP contribution in [-0.4, -0.2) is 72.7 Å². The summed E-state index contributed by atoms with van der Waals surface area (Å²) in [6.07, 6.45) is -9.44. The highest BCUT2D eigenvalue weighted by molar-refractivity contribution is 5.66. The Balaban J connectivity index is 1.85. The Bertz CT molecular complexity index is 1090. The van der Waals surface area contributed by atoms with Gasteiger partial charge in [-0.15, -0.1) is 0 Å². The topological polar surface area (TPSA) is 220 Å². The van der Waals surface area contributed by atoms with Crippen LogP contribution in [0.15, 0.2) is 45.7 Å². The molecule has 1 N–H and O–H groups in total. The molecule has 0 spiro atoms. The number of hydrogen-bond acceptors (Lipinski definition) is 9. The van der Waals surface area contributed by atoms with E-state index in [9.17, 15) is 9.90 Å². The lowest BCUT2D eigenvalue weighted by atomic mass is 9.80. The van der Waals surface area contributed by atoms with E-state index >= 15 is 4.39 Å². The van der Waals surface area contributed by atoms with Gasteiger partial charge in [0.1, 0.15) is 30.5 Å². The highest BCUT2D eigenvalue weighted by Crippen LogP contribution is 2.36. The summed E-state index contributed by atoms with van der Waals surface area (Å²) in [7, 11) is 0. The molecule has 15 nitrogen and oxygen atoms in total. The van der Waals surface area contributed by atoms with Crippen molar-refractivity contribution in [3.05, 3.63) is 67.2 Å². The molecule has 16 heteroatoms. The van der Waals surface area contributed by atoms with Crippen molar-refractivity contribution in [1.29, 1.82) is 0 Å². The van der Waals surface area contributed by atoms with Crippen LogP contribution in [0, 0.1) is 5.92 Å². The molecule has 0 amide bonds. The number of nitrogens with zero attached hydrogens (tertiary/aromatic N) is 9. The highest BCUT2D eigenvalue weighted by atomic mass is 19.1. The Labute approximate surface area is 216 Å². The highest BCUT2D eigenvalue weighted by Gasteiger charge is 2.51. The minimum Gasteiger partial charge on any atom is -0.459 e. The summed E-state index contributed by atoms with van der Waals surface area (Å²) in [6, 6.07) is 6.58. The van der Waals surface area contributed by atoms with Crippen molar-refractivity contribution in [1.82, 2.24) is 0 Å². The fourth-order valence-electron chi connectivity index (χ4n) is 4.69. The number of carbonyl (C=O) groups excluding carboxylic acids is 1. The van der Waals surface area contributed by atoms with Gasteiger partial charge in [0.05, 0.1) is 31.4 Å². The molecule has 0 aromatic heterocycles. The van der Waals surface area contributed by atoms with E-state index in [1.165, 1.54) is 0 Å². The number of benzene rings is 1. The number of ether oxygens (including phenoxy) is 4. The van der Waals surface area contributed by atoms with Gasteiger partial charge in [-0.3, -0.25) is 4.79 Å². The number of alkyl halides is 1. The van der Waals surface area contributed by atoms with Crippen LogP contribution in [0.25, 0.3) is 31.3 Å². The third kappa shape index (κ3) is 7.03. The van der Waals surface area contributed by atoms with Gasteiger partial charge in [0.25, 0.3) is 0 Å². The molecule has 1 aromatic carbocycles. The summed E-state index contributed by atoms with van der Waals surface area (Å²) in [4.78, 5) is 19.8. The van der Waals surface area contributed by atoms with Gasteiger partial charge in [-0.2, -0.15) is 0 Å². The van der Waals surface area contributed by atoms with E-state index in [0.717, 1.165) is 12.5 Å². The fourth-order valence-corrected chi connectivity index (χ4v) is 4.69. The molecule has 1 saturated heterocycles. The molecule has 1 saturated carbocycles. The average Bonchev–Trinajstić information content (AvgIpc) is 2.89. The largest absolute Gasteiger partial charge is 0.459 e. The van der Waals surface area contributed by atoms with Crippen molar-refractivity contribution < 1.29 is 33.2 Å².